The molecule has 3 heteroatoms. The maximum absolute atomic E-state index is 8.66. The Kier molecular flexibility index (Phi) is 6.98. The molecule has 0 aromatic carbocycles. The first-order chi connectivity index (χ1) is 7.33. The molecule has 1 saturated heterocycles. The van der Waals surface area contributed by atoms with E-state index in [9.17, 15) is 0 Å². The quantitative estimate of drug-likeness (QED) is 0.653. The molecule has 0 aromatic heterocycles. The molecule has 90 valence electrons. The minimum absolute atomic E-state index is 0.334. The van der Waals surface area contributed by atoms with Crippen molar-refractivity contribution in [3.05, 3.63) is 0 Å². The first-order valence-electron chi connectivity index (χ1n) is 6.20. The Balaban J connectivity index is 1.98. The second kappa shape index (κ2) is 8.08. The van der Waals surface area contributed by atoms with E-state index >= 15 is 0 Å². The molecule has 1 fully saturated rings. The summed E-state index contributed by atoms with van der Waals surface area (Å²) in [6.45, 7) is 4.55. The van der Waals surface area contributed by atoms with Crippen molar-refractivity contribution >= 4 is 0 Å². The van der Waals surface area contributed by atoms with Crippen LogP contribution in [0.25, 0.3) is 0 Å². The standard InChI is InChI=1S/C12H25NO2/c1-13(7-3-2-4-8-14)10-12-6-5-9-15-11-12/h12,14H,2-11H2,1H3. The lowest BCUT2D eigenvalue weighted by molar-refractivity contribution is 0.0418. The summed E-state index contributed by atoms with van der Waals surface area (Å²) in [5.74, 6) is 0.738. The van der Waals surface area contributed by atoms with E-state index in [1.54, 1.807) is 0 Å². The van der Waals surface area contributed by atoms with Crippen LogP contribution >= 0.6 is 0 Å². The van der Waals surface area contributed by atoms with Gasteiger partial charge < -0.3 is 14.7 Å². The van der Waals surface area contributed by atoms with Crippen LogP contribution < -0.4 is 0 Å². The van der Waals surface area contributed by atoms with Gasteiger partial charge in [0.05, 0.1) is 6.61 Å². The highest BCUT2D eigenvalue weighted by Crippen LogP contribution is 2.14. The van der Waals surface area contributed by atoms with Gasteiger partial charge in [0.2, 0.25) is 0 Å². The van der Waals surface area contributed by atoms with Crippen LogP contribution in [-0.4, -0.2) is 50.0 Å². The smallest absolute Gasteiger partial charge is 0.0506 e. The molecule has 1 heterocycles. The van der Waals surface area contributed by atoms with Crippen molar-refractivity contribution in [1.82, 2.24) is 4.90 Å². The number of unbranched alkanes of at least 4 members (excludes halogenated alkanes) is 2. The van der Waals surface area contributed by atoms with E-state index in [0.29, 0.717) is 6.61 Å². The molecule has 1 unspecified atom stereocenters. The summed E-state index contributed by atoms with van der Waals surface area (Å²) < 4.78 is 5.47. The van der Waals surface area contributed by atoms with Gasteiger partial charge in [-0.05, 0) is 51.6 Å². The van der Waals surface area contributed by atoms with Gasteiger partial charge in [0.15, 0.2) is 0 Å². The van der Waals surface area contributed by atoms with Gasteiger partial charge in [-0.2, -0.15) is 0 Å². The fraction of sp³-hybridized carbons (Fsp3) is 1.00. The highest BCUT2D eigenvalue weighted by atomic mass is 16.5. The van der Waals surface area contributed by atoms with Crippen LogP contribution in [0.1, 0.15) is 32.1 Å². The Morgan fingerprint density at radius 1 is 1.33 bits per heavy atom. The second-order valence-corrected chi connectivity index (χ2v) is 4.63. The highest BCUT2D eigenvalue weighted by Gasteiger charge is 2.15. The van der Waals surface area contributed by atoms with Crippen LogP contribution in [-0.2, 0) is 4.74 Å². The number of nitrogens with zero attached hydrogens (tertiary/aromatic N) is 1. The van der Waals surface area contributed by atoms with Gasteiger partial charge in [-0.1, -0.05) is 0 Å². The SMILES string of the molecule is CN(CCCCCO)CC1CCCOC1. The Hall–Kier alpha value is -0.120. The molecule has 0 aliphatic carbocycles. The topological polar surface area (TPSA) is 32.7 Å². The number of rotatable bonds is 7. The predicted octanol–water partition coefficient (Wildman–Crippen LogP) is 1.51. The van der Waals surface area contributed by atoms with Gasteiger partial charge in [0, 0.05) is 19.8 Å². The third kappa shape index (κ3) is 6.13. The second-order valence-electron chi connectivity index (χ2n) is 4.63. The maximum atomic E-state index is 8.66. The summed E-state index contributed by atoms with van der Waals surface area (Å²) >= 11 is 0. The van der Waals surface area contributed by atoms with Gasteiger partial charge in [0.25, 0.3) is 0 Å². The molecular weight excluding hydrogens is 190 g/mol. The van der Waals surface area contributed by atoms with Crippen LogP contribution in [0.3, 0.4) is 0 Å². The molecule has 15 heavy (non-hydrogen) atoms. The van der Waals surface area contributed by atoms with Crippen LogP contribution in [0.4, 0.5) is 0 Å². The summed E-state index contributed by atoms with van der Waals surface area (Å²) in [7, 11) is 2.19. The monoisotopic (exact) mass is 215 g/mol. The van der Waals surface area contributed by atoms with E-state index in [4.69, 9.17) is 9.84 Å². The lowest BCUT2D eigenvalue weighted by Crippen LogP contribution is -2.31. The molecule has 1 aliphatic rings. The molecule has 1 aliphatic heterocycles. The third-order valence-electron chi connectivity index (χ3n) is 3.02. The van der Waals surface area contributed by atoms with Crippen LogP contribution in [0.2, 0.25) is 0 Å². The Bertz CT molecular complexity index is 147. The highest BCUT2D eigenvalue weighted by molar-refractivity contribution is 4.66. The molecular formula is C12H25NO2. The molecule has 1 rings (SSSR count). The van der Waals surface area contributed by atoms with E-state index in [1.807, 2.05) is 0 Å². The first-order valence-corrected chi connectivity index (χ1v) is 6.20. The molecule has 0 radical (unpaired) electrons. The largest absolute Gasteiger partial charge is 0.396 e. The van der Waals surface area contributed by atoms with Gasteiger partial charge in [-0.25, -0.2) is 0 Å². The van der Waals surface area contributed by atoms with E-state index in [-0.39, 0.29) is 0 Å². The van der Waals surface area contributed by atoms with E-state index < -0.39 is 0 Å². The molecule has 0 bridgehead atoms. The van der Waals surface area contributed by atoms with E-state index in [2.05, 4.69) is 11.9 Å². The zero-order valence-corrected chi connectivity index (χ0v) is 9.95. The Morgan fingerprint density at radius 2 is 2.20 bits per heavy atom. The van der Waals surface area contributed by atoms with Gasteiger partial charge in [-0.3, -0.25) is 0 Å². The number of hydrogen-bond acceptors (Lipinski definition) is 3. The maximum Gasteiger partial charge on any atom is 0.0506 e. The lowest BCUT2D eigenvalue weighted by Gasteiger charge is -2.27. The summed E-state index contributed by atoms with van der Waals surface area (Å²) in [5.41, 5.74) is 0. The van der Waals surface area contributed by atoms with Crippen molar-refractivity contribution in [1.29, 1.82) is 0 Å². The van der Waals surface area contributed by atoms with Crippen molar-refractivity contribution < 1.29 is 9.84 Å². The normalized spacial score (nSPS) is 22.2. The molecule has 3 nitrogen and oxygen atoms in total. The van der Waals surface area contributed by atoms with Crippen molar-refractivity contribution in [3.8, 4) is 0 Å². The van der Waals surface area contributed by atoms with Crippen molar-refractivity contribution in [3.63, 3.8) is 0 Å². The number of hydrogen-bond donors (Lipinski definition) is 1. The van der Waals surface area contributed by atoms with Crippen LogP contribution in [0, 0.1) is 5.92 Å². The summed E-state index contributed by atoms with van der Waals surface area (Å²) in [6, 6.07) is 0. The van der Waals surface area contributed by atoms with Crippen LogP contribution in [0.5, 0.6) is 0 Å². The van der Waals surface area contributed by atoms with Gasteiger partial charge in [-0.15, -0.1) is 0 Å². The Morgan fingerprint density at radius 3 is 2.87 bits per heavy atom. The van der Waals surface area contributed by atoms with Crippen LogP contribution in [0.15, 0.2) is 0 Å². The van der Waals surface area contributed by atoms with Gasteiger partial charge in [0.1, 0.15) is 0 Å². The molecule has 0 aromatic rings. The molecule has 0 amide bonds. The fourth-order valence-corrected chi connectivity index (χ4v) is 2.15. The average molecular weight is 215 g/mol. The van der Waals surface area contributed by atoms with E-state index in [1.165, 1.54) is 25.8 Å². The molecule has 0 spiro atoms. The minimum atomic E-state index is 0.334. The summed E-state index contributed by atoms with van der Waals surface area (Å²) in [5, 5.41) is 8.66. The van der Waals surface area contributed by atoms with Crippen molar-refractivity contribution in [2.24, 2.45) is 5.92 Å². The van der Waals surface area contributed by atoms with E-state index in [0.717, 1.165) is 38.5 Å². The number of aliphatic hydroxyl groups excluding tert-OH is 1. The summed E-state index contributed by atoms with van der Waals surface area (Å²) in [6.07, 6.45) is 5.83. The fourth-order valence-electron chi connectivity index (χ4n) is 2.15. The first kappa shape index (κ1) is 12.9. The number of aliphatic hydroxyl groups is 1. The Labute approximate surface area is 93.4 Å². The molecule has 1 atom stereocenters. The third-order valence-corrected chi connectivity index (χ3v) is 3.02. The molecule has 0 saturated carbocycles. The predicted molar refractivity (Wildman–Crippen MR) is 62.0 cm³/mol. The number of ether oxygens (including phenoxy) is 1. The van der Waals surface area contributed by atoms with Gasteiger partial charge >= 0.3 is 0 Å². The molecule has 1 N–H and O–H groups in total. The average Bonchev–Trinajstić information content (AvgIpc) is 2.26. The minimum Gasteiger partial charge on any atom is -0.396 e. The lowest BCUT2D eigenvalue weighted by atomic mass is 10.0. The zero-order valence-electron chi connectivity index (χ0n) is 9.95. The summed E-state index contributed by atoms with van der Waals surface area (Å²) in [4.78, 5) is 2.40. The zero-order chi connectivity index (χ0) is 10.9. The van der Waals surface area contributed by atoms with Crippen molar-refractivity contribution in [2.75, 3.05) is 40.0 Å². The van der Waals surface area contributed by atoms with Crippen molar-refractivity contribution in [2.45, 2.75) is 32.1 Å².